The number of hydrogen-bond acceptors (Lipinski definition) is 2. The predicted octanol–water partition coefficient (Wildman–Crippen LogP) is 3.55. The molecule has 1 aromatic rings. The highest BCUT2D eigenvalue weighted by Crippen LogP contribution is 2.33. The Bertz CT molecular complexity index is 386. The highest BCUT2D eigenvalue weighted by Gasteiger charge is 2.27. The van der Waals surface area contributed by atoms with Crippen LogP contribution >= 0.6 is 15.9 Å². The third-order valence-corrected chi connectivity index (χ3v) is 3.71. The summed E-state index contributed by atoms with van der Waals surface area (Å²) in [4.78, 5) is 2.42. The molecule has 0 heterocycles. The van der Waals surface area contributed by atoms with Crippen LogP contribution in [0.25, 0.3) is 0 Å². The Morgan fingerprint density at radius 3 is 2.71 bits per heavy atom. The number of hydrogen-bond donors (Lipinski definition) is 1. The van der Waals surface area contributed by atoms with E-state index in [2.05, 4.69) is 65.2 Å². The highest BCUT2D eigenvalue weighted by molar-refractivity contribution is 9.10. The molecule has 17 heavy (non-hydrogen) atoms. The van der Waals surface area contributed by atoms with E-state index < -0.39 is 0 Å². The third-order valence-electron chi connectivity index (χ3n) is 3.22. The van der Waals surface area contributed by atoms with E-state index >= 15 is 0 Å². The number of benzene rings is 1. The normalized spacial score (nSPS) is 15.4. The van der Waals surface area contributed by atoms with Gasteiger partial charge < -0.3 is 10.2 Å². The van der Waals surface area contributed by atoms with Crippen molar-refractivity contribution in [1.29, 1.82) is 0 Å². The van der Waals surface area contributed by atoms with Crippen LogP contribution in [0.3, 0.4) is 0 Å². The fourth-order valence-corrected chi connectivity index (χ4v) is 2.42. The maximum Gasteiger partial charge on any atom is 0.0412 e. The van der Waals surface area contributed by atoms with Gasteiger partial charge in [-0.05, 0) is 36.6 Å². The zero-order valence-electron chi connectivity index (χ0n) is 10.8. The Morgan fingerprint density at radius 2 is 2.12 bits per heavy atom. The third kappa shape index (κ3) is 3.46. The Balaban J connectivity index is 2.17. The first-order chi connectivity index (χ1) is 8.08. The first kappa shape index (κ1) is 12.9. The van der Waals surface area contributed by atoms with E-state index in [1.54, 1.807) is 0 Å². The van der Waals surface area contributed by atoms with Crippen LogP contribution in [-0.2, 0) is 6.54 Å². The Labute approximate surface area is 113 Å². The molecule has 0 atom stereocenters. The molecule has 0 bridgehead atoms. The van der Waals surface area contributed by atoms with E-state index in [-0.39, 0.29) is 0 Å². The molecule has 3 heteroatoms. The van der Waals surface area contributed by atoms with Crippen molar-refractivity contribution in [2.45, 2.75) is 45.3 Å². The molecule has 2 rings (SSSR count). The van der Waals surface area contributed by atoms with E-state index in [1.807, 2.05) is 0 Å². The molecule has 0 spiro atoms. The average molecular weight is 297 g/mol. The van der Waals surface area contributed by atoms with Gasteiger partial charge in [-0.2, -0.15) is 0 Å². The average Bonchev–Trinajstić information content (AvgIpc) is 3.09. The highest BCUT2D eigenvalue weighted by atomic mass is 79.9. The van der Waals surface area contributed by atoms with Crippen LogP contribution in [0.4, 0.5) is 5.69 Å². The summed E-state index contributed by atoms with van der Waals surface area (Å²) in [5.41, 5.74) is 2.74. The molecule has 1 aliphatic rings. The maximum absolute atomic E-state index is 3.56. The topological polar surface area (TPSA) is 15.3 Å². The molecule has 0 saturated heterocycles. The molecule has 0 unspecified atom stereocenters. The van der Waals surface area contributed by atoms with Gasteiger partial charge in [0.05, 0.1) is 0 Å². The van der Waals surface area contributed by atoms with Gasteiger partial charge in [-0.15, -0.1) is 0 Å². The van der Waals surface area contributed by atoms with Crippen molar-refractivity contribution in [3.05, 3.63) is 28.2 Å². The van der Waals surface area contributed by atoms with E-state index in [0.29, 0.717) is 6.04 Å². The van der Waals surface area contributed by atoms with Crippen molar-refractivity contribution in [1.82, 2.24) is 5.32 Å². The van der Waals surface area contributed by atoms with Gasteiger partial charge in [0.2, 0.25) is 0 Å². The molecule has 1 N–H and O–H groups in total. The number of nitrogens with one attached hydrogen (secondary N) is 1. The molecule has 1 fully saturated rings. The summed E-state index contributed by atoms with van der Waals surface area (Å²) in [5, 5.41) is 3.50. The first-order valence-corrected chi connectivity index (χ1v) is 7.12. The lowest BCUT2D eigenvalue weighted by molar-refractivity contribution is 0.588. The smallest absolute Gasteiger partial charge is 0.0412 e. The van der Waals surface area contributed by atoms with Crippen molar-refractivity contribution in [2.75, 3.05) is 11.9 Å². The Morgan fingerprint density at radius 1 is 1.41 bits per heavy atom. The first-order valence-electron chi connectivity index (χ1n) is 6.32. The summed E-state index contributed by atoms with van der Waals surface area (Å²) in [7, 11) is 2.21. The minimum Gasteiger partial charge on any atom is -0.371 e. The molecule has 0 radical (unpaired) electrons. The minimum absolute atomic E-state index is 0.521. The fourth-order valence-electron chi connectivity index (χ4n) is 2.01. The number of anilines is 1. The van der Waals surface area contributed by atoms with E-state index in [0.717, 1.165) is 17.1 Å². The zero-order chi connectivity index (χ0) is 12.4. The van der Waals surface area contributed by atoms with Crippen molar-refractivity contribution in [3.63, 3.8) is 0 Å². The fraction of sp³-hybridized carbons (Fsp3) is 0.571. The predicted molar refractivity (Wildman–Crippen MR) is 77.5 cm³/mol. The second-order valence-corrected chi connectivity index (χ2v) is 6.07. The molecule has 1 saturated carbocycles. The van der Waals surface area contributed by atoms with Crippen molar-refractivity contribution in [2.24, 2.45) is 0 Å². The summed E-state index contributed by atoms with van der Waals surface area (Å²) in [6, 6.07) is 7.86. The van der Waals surface area contributed by atoms with E-state index in [4.69, 9.17) is 0 Å². The van der Waals surface area contributed by atoms with Gasteiger partial charge in [0.1, 0.15) is 0 Å². The van der Waals surface area contributed by atoms with Crippen LogP contribution in [-0.4, -0.2) is 19.1 Å². The van der Waals surface area contributed by atoms with Crippen LogP contribution in [0.1, 0.15) is 32.3 Å². The molecule has 0 aromatic heterocycles. The van der Waals surface area contributed by atoms with Crippen molar-refractivity contribution in [3.8, 4) is 0 Å². The lowest BCUT2D eigenvalue weighted by Gasteiger charge is -2.23. The number of rotatable bonds is 5. The summed E-state index contributed by atoms with van der Waals surface area (Å²) in [5.74, 6) is 0. The quantitative estimate of drug-likeness (QED) is 0.894. The summed E-state index contributed by atoms with van der Waals surface area (Å²) in [6.45, 7) is 5.30. The van der Waals surface area contributed by atoms with Gasteiger partial charge in [0, 0.05) is 35.8 Å². The van der Waals surface area contributed by atoms with Crippen molar-refractivity contribution >= 4 is 21.6 Å². The van der Waals surface area contributed by atoms with Crippen LogP contribution in [0.15, 0.2) is 22.7 Å². The van der Waals surface area contributed by atoms with Gasteiger partial charge in [0.25, 0.3) is 0 Å². The number of nitrogens with zero attached hydrogens (tertiary/aromatic N) is 1. The van der Waals surface area contributed by atoms with Gasteiger partial charge in [-0.25, -0.2) is 0 Å². The Kier molecular flexibility index (Phi) is 4.10. The maximum atomic E-state index is 3.56. The van der Waals surface area contributed by atoms with E-state index in [9.17, 15) is 0 Å². The molecule has 2 nitrogen and oxygen atoms in total. The minimum atomic E-state index is 0.521. The standard InChI is InChI=1S/C14H21BrN2/c1-10(2)16-9-11-8-12(15)4-7-14(11)17(3)13-5-6-13/h4,7-8,10,13,16H,5-6,9H2,1-3H3. The van der Waals surface area contributed by atoms with Crippen LogP contribution < -0.4 is 10.2 Å². The molecule has 94 valence electrons. The van der Waals surface area contributed by atoms with Gasteiger partial charge >= 0.3 is 0 Å². The second kappa shape index (κ2) is 5.40. The summed E-state index contributed by atoms with van der Waals surface area (Å²) >= 11 is 3.56. The van der Waals surface area contributed by atoms with Gasteiger partial charge in [-0.1, -0.05) is 29.8 Å². The molecule has 1 aromatic carbocycles. The second-order valence-electron chi connectivity index (χ2n) is 5.15. The molecular formula is C14H21BrN2. The van der Waals surface area contributed by atoms with Crippen molar-refractivity contribution < 1.29 is 0 Å². The lowest BCUT2D eigenvalue weighted by atomic mass is 10.1. The molecule has 0 amide bonds. The molecule has 0 aliphatic heterocycles. The summed E-state index contributed by atoms with van der Waals surface area (Å²) in [6.07, 6.45) is 2.67. The largest absolute Gasteiger partial charge is 0.371 e. The lowest BCUT2D eigenvalue weighted by Crippen LogP contribution is -2.25. The summed E-state index contributed by atoms with van der Waals surface area (Å²) < 4.78 is 1.16. The number of halogens is 1. The SMILES string of the molecule is CC(C)NCc1cc(Br)ccc1N(C)C1CC1. The Hall–Kier alpha value is -0.540. The monoisotopic (exact) mass is 296 g/mol. The zero-order valence-corrected chi connectivity index (χ0v) is 12.4. The molecule has 1 aliphatic carbocycles. The van der Waals surface area contributed by atoms with Crippen LogP contribution in [0, 0.1) is 0 Å². The van der Waals surface area contributed by atoms with Gasteiger partial charge in [0.15, 0.2) is 0 Å². The van der Waals surface area contributed by atoms with Crippen LogP contribution in [0.2, 0.25) is 0 Å². The van der Waals surface area contributed by atoms with Crippen LogP contribution in [0.5, 0.6) is 0 Å². The van der Waals surface area contributed by atoms with Gasteiger partial charge in [-0.3, -0.25) is 0 Å². The van der Waals surface area contributed by atoms with E-state index in [1.165, 1.54) is 24.1 Å². The molecular weight excluding hydrogens is 276 g/mol.